The van der Waals surface area contributed by atoms with Gasteiger partial charge < -0.3 is 27.9 Å². The number of nitrogens with zero attached hydrogens (tertiary/aromatic N) is 1. The van der Waals surface area contributed by atoms with Crippen molar-refractivity contribution in [1.29, 1.82) is 0 Å². The minimum Gasteiger partial charge on any atom is -0.756 e. The van der Waals surface area contributed by atoms with Gasteiger partial charge in [0.05, 0.1) is 27.7 Å². The molecule has 0 spiro atoms. The molecule has 0 aliphatic rings. The number of phosphoric ester groups is 1. The van der Waals surface area contributed by atoms with E-state index in [4.69, 9.17) is 18.5 Å². The lowest BCUT2D eigenvalue weighted by molar-refractivity contribution is -0.870. The van der Waals surface area contributed by atoms with E-state index in [9.17, 15) is 19.0 Å². The molecule has 10 heteroatoms. The summed E-state index contributed by atoms with van der Waals surface area (Å²) in [6, 6.07) is 0. The molecule has 9 nitrogen and oxygen atoms in total. The van der Waals surface area contributed by atoms with Gasteiger partial charge in [-0.15, -0.1) is 0 Å². The van der Waals surface area contributed by atoms with Gasteiger partial charge in [-0.1, -0.05) is 321 Å². The number of likely N-dealkylation sites (N-methyl/N-ethyl adjacent to an activating group) is 1. The lowest BCUT2D eigenvalue weighted by atomic mass is 10.0. The number of hydrogen-bond acceptors (Lipinski definition) is 8. The van der Waals surface area contributed by atoms with Crippen LogP contribution in [0.1, 0.15) is 309 Å². The van der Waals surface area contributed by atoms with Crippen LogP contribution in [0.15, 0.2) is 134 Å². The minimum atomic E-state index is -4.65. The van der Waals surface area contributed by atoms with E-state index in [1.54, 1.807) is 0 Å². The van der Waals surface area contributed by atoms with Crippen LogP contribution in [0.25, 0.3) is 0 Å². The van der Waals surface area contributed by atoms with Gasteiger partial charge in [0.25, 0.3) is 7.82 Å². The summed E-state index contributed by atoms with van der Waals surface area (Å²) >= 11 is 0. The number of rotatable bonds is 67. The second kappa shape index (κ2) is 69.5. The molecule has 0 aliphatic heterocycles. The molecule has 0 fully saturated rings. The third-order valence-corrected chi connectivity index (χ3v) is 16.6. The maximum atomic E-state index is 12.9. The van der Waals surface area contributed by atoms with Crippen molar-refractivity contribution in [1.82, 2.24) is 0 Å². The maximum absolute atomic E-state index is 12.9. The summed E-state index contributed by atoms with van der Waals surface area (Å²) in [5.74, 6) is -0.836. The van der Waals surface area contributed by atoms with Crippen molar-refractivity contribution in [2.75, 3.05) is 47.5 Å². The van der Waals surface area contributed by atoms with Gasteiger partial charge in [0.15, 0.2) is 6.10 Å². The SMILES string of the molecule is CC/C=C\C/C=C\C/C=C\C/C=C\C/C=C\C/C=C\C/C=C\CCCCCCCCCCCC(=O)OC(COC(=O)CCCCCCCCCCCCCCCCCCCCCCCC/C=C\C/C=C\C/C=C\C/C=C\CC)COP(=O)([O-])OCC[N+](C)(C)C. The van der Waals surface area contributed by atoms with Gasteiger partial charge in [-0.3, -0.25) is 14.2 Å². The predicted molar refractivity (Wildman–Crippen MR) is 388 cm³/mol. The Morgan fingerprint density at radius 3 is 0.889 bits per heavy atom. The van der Waals surface area contributed by atoms with Crippen molar-refractivity contribution in [2.24, 2.45) is 0 Å². The molecule has 516 valence electrons. The molecule has 0 heterocycles. The molecule has 0 radical (unpaired) electrons. The monoisotopic (exact) mass is 1270 g/mol. The zero-order chi connectivity index (χ0) is 65.5. The van der Waals surface area contributed by atoms with Crippen LogP contribution in [0.5, 0.6) is 0 Å². The number of quaternary nitrogens is 1. The van der Waals surface area contributed by atoms with Gasteiger partial charge in [-0.2, -0.15) is 0 Å². The average molecular weight is 1270 g/mol. The molecule has 90 heavy (non-hydrogen) atoms. The maximum Gasteiger partial charge on any atom is 0.306 e. The summed E-state index contributed by atoms with van der Waals surface area (Å²) < 4.78 is 34.4. The molecular weight excluding hydrogens is 1130 g/mol. The van der Waals surface area contributed by atoms with Crippen molar-refractivity contribution < 1.29 is 42.1 Å². The molecule has 0 bridgehead atoms. The molecule has 0 saturated carbocycles. The van der Waals surface area contributed by atoms with Crippen LogP contribution < -0.4 is 4.89 Å². The van der Waals surface area contributed by atoms with Gasteiger partial charge >= 0.3 is 11.9 Å². The Labute approximate surface area is 555 Å². The van der Waals surface area contributed by atoms with E-state index in [1.165, 1.54) is 161 Å². The molecule has 0 aliphatic carbocycles. The van der Waals surface area contributed by atoms with Crippen molar-refractivity contribution in [3.63, 3.8) is 0 Å². The highest BCUT2D eigenvalue weighted by Gasteiger charge is 2.22. The molecule has 2 atom stereocenters. The highest BCUT2D eigenvalue weighted by Crippen LogP contribution is 2.38. The van der Waals surface area contributed by atoms with E-state index in [-0.39, 0.29) is 32.0 Å². The normalized spacial score (nSPS) is 13.9. The lowest BCUT2D eigenvalue weighted by Crippen LogP contribution is -2.37. The number of carbonyl (C=O) groups is 2. The summed E-state index contributed by atoms with van der Waals surface area (Å²) in [6.45, 7) is 4.03. The fraction of sp³-hybridized carbons (Fsp3) is 0.700. The molecule has 0 rings (SSSR count). The van der Waals surface area contributed by atoms with Crippen molar-refractivity contribution >= 4 is 19.8 Å². The number of unbranched alkanes of at least 4 members (excludes halogenated alkanes) is 31. The molecule has 0 N–H and O–H groups in total. The first kappa shape index (κ1) is 86.2. The van der Waals surface area contributed by atoms with E-state index in [2.05, 4.69) is 148 Å². The first-order valence-corrected chi connectivity index (χ1v) is 38.4. The van der Waals surface area contributed by atoms with E-state index >= 15 is 0 Å². The molecule has 2 unspecified atom stereocenters. The first-order chi connectivity index (χ1) is 44.0. The highest BCUT2D eigenvalue weighted by atomic mass is 31.2. The lowest BCUT2D eigenvalue weighted by Gasteiger charge is -2.28. The largest absolute Gasteiger partial charge is 0.756 e. The zero-order valence-electron chi connectivity index (χ0n) is 58.8. The van der Waals surface area contributed by atoms with Crippen LogP contribution in [0.4, 0.5) is 0 Å². The Morgan fingerprint density at radius 2 is 0.600 bits per heavy atom. The van der Waals surface area contributed by atoms with Crippen LogP contribution in [0.2, 0.25) is 0 Å². The fourth-order valence-electron chi connectivity index (χ4n) is 10.1. The number of phosphoric acid groups is 1. The van der Waals surface area contributed by atoms with Gasteiger partial charge in [0.2, 0.25) is 0 Å². The van der Waals surface area contributed by atoms with Crippen LogP contribution in [-0.2, 0) is 32.7 Å². The summed E-state index contributed by atoms with van der Waals surface area (Å²) in [5.41, 5.74) is 0. The number of ether oxygens (including phenoxy) is 2. The molecule has 0 amide bonds. The Morgan fingerprint density at radius 1 is 0.344 bits per heavy atom. The van der Waals surface area contributed by atoms with Gasteiger partial charge in [0, 0.05) is 12.8 Å². The summed E-state index contributed by atoms with van der Waals surface area (Å²) in [6.07, 6.45) is 101. The number of allylic oxidation sites excluding steroid dienone is 22. The van der Waals surface area contributed by atoms with Crippen LogP contribution >= 0.6 is 7.82 Å². The minimum absolute atomic E-state index is 0.0365. The van der Waals surface area contributed by atoms with Crippen LogP contribution in [0, 0.1) is 0 Å². The van der Waals surface area contributed by atoms with E-state index in [0.29, 0.717) is 17.4 Å². The first-order valence-electron chi connectivity index (χ1n) is 36.9. The average Bonchev–Trinajstić information content (AvgIpc) is 3.58. The Bertz CT molecular complexity index is 1980. The predicted octanol–water partition coefficient (Wildman–Crippen LogP) is 23.8. The Balaban J connectivity index is 4.03. The van der Waals surface area contributed by atoms with E-state index in [0.717, 1.165) is 116 Å². The Kier molecular flexibility index (Phi) is 66.5. The smallest absolute Gasteiger partial charge is 0.306 e. The van der Waals surface area contributed by atoms with Gasteiger partial charge in [0.1, 0.15) is 19.8 Å². The van der Waals surface area contributed by atoms with Crippen molar-refractivity contribution in [3.8, 4) is 0 Å². The zero-order valence-corrected chi connectivity index (χ0v) is 59.7. The second-order valence-electron chi connectivity index (χ2n) is 25.5. The fourth-order valence-corrected chi connectivity index (χ4v) is 10.8. The number of carbonyl (C=O) groups excluding carboxylic acids is 2. The van der Waals surface area contributed by atoms with Gasteiger partial charge in [-0.05, 0) is 109 Å². The second-order valence-corrected chi connectivity index (χ2v) is 27.0. The summed E-state index contributed by atoms with van der Waals surface area (Å²) in [5, 5.41) is 0. The topological polar surface area (TPSA) is 111 Å². The van der Waals surface area contributed by atoms with E-state index in [1.807, 2.05) is 21.1 Å². The van der Waals surface area contributed by atoms with Crippen molar-refractivity contribution in [2.45, 2.75) is 315 Å². The van der Waals surface area contributed by atoms with Crippen LogP contribution in [-0.4, -0.2) is 70.0 Å². The van der Waals surface area contributed by atoms with Crippen LogP contribution in [0.3, 0.4) is 0 Å². The number of esters is 2. The molecule has 0 saturated heterocycles. The standard InChI is InChI=1S/C80H138NO8P/c1-6-8-10-12-14-16-18-20-22-24-26-28-30-32-34-36-38-39-40-41-43-44-46-48-50-52-54-56-58-60-62-64-66-68-70-72-79(82)86-76-78(77-88-90(84,85)87-75-74-81(3,4)5)89-80(83)73-71-69-67-65-63-61-59-57-55-53-51-49-47-45-42-37-35-33-31-29-27-25-23-21-19-17-15-13-11-9-7-2/h8-11,14-17,20-23,26-29,33,35,42,45,49,51,78H,6-7,12-13,18-19,24-25,30-32,34,36-41,43-44,46-48,50,52-77H2,1-5H3/b10-8-,11-9-,16-14-,17-15-,22-20-,23-21-,28-26-,29-27-,35-33-,45-42-,51-49-. The quantitative estimate of drug-likeness (QED) is 0.0195. The molecule has 0 aromatic carbocycles. The van der Waals surface area contributed by atoms with E-state index < -0.39 is 26.5 Å². The third kappa shape index (κ3) is 73.2. The third-order valence-electron chi connectivity index (χ3n) is 15.7. The number of hydrogen-bond donors (Lipinski definition) is 0. The highest BCUT2D eigenvalue weighted by molar-refractivity contribution is 7.45. The van der Waals surface area contributed by atoms with Crippen molar-refractivity contribution in [3.05, 3.63) is 134 Å². The summed E-state index contributed by atoms with van der Waals surface area (Å²) in [7, 11) is 1.16. The molecule has 0 aromatic rings. The molecule has 0 aromatic heterocycles. The van der Waals surface area contributed by atoms with Gasteiger partial charge in [-0.25, -0.2) is 0 Å². The Hall–Kier alpha value is -3.85. The molecular formula is C80H138NO8P. The summed E-state index contributed by atoms with van der Waals surface area (Å²) in [4.78, 5) is 38.1.